The van der Waals surface area contributed by atoms with Crippen molar-refractivity contribution in [1.82, 2.24) is 14.5 Å². The Morgan fingerprint density at radius 1 is 0.524 bits per heavy atom. The molecule has 9 rings (SSSR count). The van der Waals surface area contributed by atoms with Crippen LogP contribution in [0.5, 0.6) is 0 Å². The van der Waals surface area contributed by atoms with Crippen molar-refractivity contribution in [3.05, 3.63) is 140 Å². The van der Waals surface area contributed by atoms with E-state index in [1.807, 2.05) is 6.07 Å². The summed E-state index contributed by atoms with van der Waals surface area (Å²) in [4.78, 5) is 10.4. The van der Waals surface area contributed by atoms with E-state index in [9.17, 15) is 0 Å². The predicted octanol–water partition coefficient (Wildman–Crippen LogP) is 10.4. The van der Waals surface area contributed by atoms with Crippen LogP contribution in [0.15, 0.2) is 140 Å². The van der Waals surface area contributed by atoms with E-state index in [4.69, 9.17) is 9.97 Å². The first-order valence-corrected chi connectivity index (χ1v) is 14.9. The lowest BCUT2D eigenvalue weighted by Gasteiger charge is -2.11. The van der Waals surface area contributed by atoms with Gasteiger partial charge >= 0.3 is 0 Å². The number of rotatable bonds is 3. The average molecular weight is 554 g/mol. The van der Waals surface area contributed by atoms with Crippen molar-refractivity contribution >= 4 is 64.2 Å². The van der Waals surface area contributed by atoms with Crippen molar-refractivity contribution in [3.63, 3.8) is 0 Å². The summed E-state index contributed by atoms with van der Waals surface area (Å²) >= 11 is 1.76. The Balaban J connectivity index is 1.31. The Hall–Kier alpha value is -5.32. The Morgan fingerprint density at radius 3 is 2.17 bits per heavy atom. The molecule has 9 aromatic rings. The Bertz CT molecular complexity index is 2470. The molecule has 42 heavy (non-hydrogen) atoms. The molecule has 0 aliphatic rings. The molecule has 0 aliphatic heterocycles. The molecular weight excluding hydrogens is 531 g/mol. The van der Waals surface area contributed by atoms with E-state index in [0.29, 0.717) is 0 Å². The molecule has 0 saturated carbocycles. The van der Waals surface area contributed by atoms with E-state index in [-0.39, 0.29) is 0 Å². The van der Waals surface area contributed by atoms with Gasteiger partial charge in [-0.3, -0.25) is 0 Å². The van der Waals surface area contributed by atoms with Crippen molar-refractivity contribution in [2.24, 2.45) is 0 Å². The maximum Gasteiger partial charge on any atom is 0.160 e. The van der Waals surface area contributed by atoms with Crippen molar-refractivity contribution < 1.29 is 0 Å². The molecule has 6 aromatic carbocycles. The number of hydrogen-bond acceptors (Lipinski definition) is 3. The van der Waals surface area contributed by atoms with Crippen molar-refractivity contribution in [3.8, 4) is 28.3 Å². The monoisotopic (exact) mass is 553 g/mol. The number of thiophene rings is 1. The van der Waals surface area contributed by atoms with Gasteiger partial charge in [0.05, 0.1) is 26.9 Å². The van der Waals surface area contributed by atoms with Gasteiger partial charge in [0.25, 0.3) is 0 Å². The molecule has 3 nitrogen and oxygen atoms in total. The summed E-state index contributed by atoms with van der Waals surface area (Å²) in [6.07, 6.45) is 0. The third-order valence-electron chi connectivity index (χ3n) is 8.19. The molecule has 0 aliphatic carbocycles. The van der Waals surface area contributed by atoms with E-state index < -0.39 is 0 Å². The third kappa shape index (κ3) is 3.46. The van der Waals surface area contributed by atoms with Gasteiger partial charge in [-0.1, -0.05) is 109 Å². The van der Waals surface area contributed by atoms with Crippen LogP contribution in [-0.2, 0) is 0 Å². The minimum atomic E-state index is 0.734. The molecule has 0 saturated heterocycles. The van der Waals surface area contributed by atoms with Crippen LogP contribution >= 0.6 is 11.3 Å². The number of fused-ring (bicyclic) bond motifs is 8. The predicted molar refractivity (Wildman–Crippen MR) is 178 cm³/mol. The van der Waals surface area contributed by atoms with Crippen LogP contribution in [0.4, 0.5) is 0 Å². The van der Waals surface area contributed by atoms with Crippen LogP contribution in [0.2, 0.25) is 0 Å². The quantitative estimate of drug-likeness (QED) is 0.218. The van der Waals surface area contributed by atoms with E-state index in [0.717, 1.165) is 38.5 Å². The second-order valence-corrected chi connectivity index (χ2v) is 11.7. The molecule has 0 bridgehead atoms. The van der Waals surface area contributed by atoms with Crippen LogP contribution in [0.1, 0.15) is 0 Å². The van der Waals surface area contributed by atoms with Crippen molar-refractivity contribution in [2.75, 3.05) is 0 Å². The molecule has 3 heterocycles. The minimum absolute atomic E-state index is 0.734. The maximum atomic E-state index is 5.21. The number of hydrogen-bond donors (Lipinski definition) is 0. The van der Waals surface area contributed by atoms with Gasteiger partial charge in [-0.05, 0) is 41.1 Å². The summed E-state index contributed by atoms with van der Waals surface area (Å²) in [6.45, 7) is 0. The molecule has 0 N–H and O–H groups in total. The van der Waals surface area contributed by atoms with Crippen LogP contribution in [0.25, 0.3) is 81.2 Å². The Labute approximate surface area is 246 Å². The van der Waals surface area contributed by atoms with Crippen LogP contribution < -0.4 is 0 Å². The number of para-hydroxylation sites is 1. The molecule has 0 amide bonds. The van der Waals surface area contributed by atoms with Crippen molar-refractivity contribution in [2.45, 2.75) is 0 Å². The first-order valence-electron chi connectivity index (χ1n) is 14.1. The minimum Gasteiger partial charge on any atom is -0.309 e. The van der Waals surface area contributed by atoms with Gasteiger partial charge in [-0.2, -0.15) is 0 Å². The van der Waals surface area contributed by atoms with Gasteiger partial charge < -0.3 is 4.57 Å². The lowest BCUT2D eigenvalue weighted by molar-refractivity contribution is 1.17. The molecule has 0 unspecified atom stereocenters. The Morgan fingerprint density at radius 2 is 1.26 bits per heavy atom. The first-order chi connectivity index (χ1) is 20.8. The van der Waals surface area contributed by atoms with Gasteiger partial charge in [-0.15, -0.1) is 11.3 Å². The molecule has 0 atom stereocenters. The van der Waals surface area contributed by atoms with E-state index in [2.05, 4.69) is 138 Å². The summed E-state index contributed by atoms with van der Waals surface area (Å²) in [5, 5.41) is 6.22. The van der Waals surface area contributed by atoms with Crippen molar-refractivity contribution in [1.29, 1.82) is 0 Å². The lowest BCUT2D eigenvalue weighted by Crippen LogP contribution is -1.97. The molecule has 196 valence electrons. The number of aromatic nitrogens is 3. The summed E-state index contributed by atoms with van der Waals surface area (Å²) in [5.74, 6) is 0.734. The molecule has 0 spiro atoms. The average Bonchev–Trinajstić information content (AvgIpc) is 3.61. The fraction of sp³-hybridized carbons (Fsp3) is 0. The fourth-order valence-corrected chi connectivity index (χ4v) is 7.47. The zero-order valence-electron chi connectivity index (χ0n) is 22.5. The summed E-state index contributed by atoms with van der Waals surface area (Å²) in [7, 11) is 0. The van der Waals surface area contributed by atoms with Gasteiger partial charge in [0.1, 0.15) is 0 Å². The van der Waals surface area contributed by atoms with E-state index >= 15 is 0 Å². The van der Waals surface area contributed by atoms with Gasteiger partial charge in [0.15, 0.2) is 5.82 Å². The second kappa shape index (κ2) is 9.10. The molecular formula is C38H23N3S. The zero-order valence-corrected chi connectivity index (χ0v) is 23.3. The molecule has 4 heteroatoms. The summed E-state index contributed by atoms with van der Waals surface area (Å²) < 4.78 is 4.72. The first kappa shape index (κ1) is 23.4. The van der Waals surface area contributed by atoms with Gasteiger partial charge in [-0.25, -0.2) is 9.97 Å². The third-order valence-corrected chi connectivity index (χ3v) is 9.36. The second-order valence-electron chi connectivity index (χ2n) is 10.6. The van der Waals surface area contributed by atoms with Crippen LogP contribution in [0.3, 0.4) is 0 Å². The topological polar surface area (TPSA) is 30.7 Å². The fourth-order valence-electron chi connectivity index (χ4n) is 6.31. The highest BCUT2D eigenvalue weighted by Gasteiger charge is 2.18. The lowest BCUT2D eigenvalue weighted by atomic mass is 10.0. The Kier molecular flexibility index (Phi) is 5.07. The smallest absolute Gasteiger partial charge is 0.160 e. The normalized spacial score (nSPS) is 11.8. The maximum absolute atomic E-state index is 5.21. The van der Waals surface area contributed by atoms with Gasteiger partial charge in [0.2, 0.25) is 0 Å². The number of benzene rings is 6. The summed E-state index contributed by atoms with van der Waals surface area (Å²) in [5.41, 5.74) is 7.55. The van der Waals surface area contributed by atoms with E-state index in [1.54, 1.807) is 11.3 Å². The standard InChI is InChI=1S/C38H23N3S/c1-2-12-25(13-3-1)35-37-36(30-18-7-9-20-33(30)42-37)40-38(39-35)26-14-10-15-27(23-26)41-31-19-8-6-17-29(31)34-28-16-5-4-11-24(28)21-22-32(34)41/h1-23H. The molecule has 0 fully saturated rings. The van der Waals surface area contributed by atoms with E-state index in [1.165, 1.54) is 42.7 Å². The molecule has 3 aromatic heterocycles. The highest BCUT2D eigenvalue weighted by atomic mass is 32.1. The van der Waals surface area contributed by atoms with Crippen LogP contribution in [-0.4, -0.2) is 14.5 Å². The van der Waals surface area contributed by atoms with Gasteiger partial charge in [0, 0.05) is 37.7 Å². The van der Waals surface area contributed by atoms with Crippen LogP contribution in [0, 0.1) is 0 Å². The highest BCUT2D eigenvalue weighted by molar-refractivity contribution is 7.26. The molecule has 0 radical (unpaired) electrons. The summed E-state index contributed by atoms with van der Waals surface area (Å²) in [6, 6.07) is 49.4. The number of nitrogens with zero attached hydrogens (tertiary/aromatic N) is 3. The SMILES string of the molecule is c1ccc(-c2nc(-c3cccc(-n4c5ccccc5c5c6ccccc6ccc54)c3)nc3c2sc2ccccc23)cc1. The highest BCUT2D eigenvalue weighted by Crippen LogP contribution is 2.40. The largest absolute Gasteiger partial charge is 0.309 e. The zero-order chi connectivity index (χ0) is 27.6.